The molecule has 3 aromatic rings. The number of fused-ring (bicyclic) bond motifs is 1. The Morgan fingerprint density at radius 2 is 1.87 bits per heavy atom. The van der Waals surface area contributed by atoms with E-state index >= 15 is 0 Å². The van der Waals surface area contributed by atoms with Crippen LogP contribution in [0.1, 0.15) is 55.2 Å². The van der Waals surface area contributed by atoms with E-state index in [4.69, 9.17) is 14.2 Å². The van der Waals surface area contributed by atoms with Gasteiger partial charge in [-0.1, -0.05) is 26.0 Å². The number of hydrogen-bond acceptors (Lipinski definition) is 7. The first kappa shape index (κ1) is 28.2. The third-order valence-corrected chi connectivity index (χ3v) is 7.05. The number of Topliss-reactive ketones (excluding diaryl/α,β-unsaturated/α-hetero) is 1. The van der Waals surface area contributed by atoms with Crippen LogP contribution in [0.15, 0.2) is 42.1 Å². The molecule has 1 aliphatic rings. The van der Waals surface area contributed by atoms with Crippen molar-refractivity contribution in [3.8, 4) is 11.5 Å². The summed E-state index contributed by atoms with van der Waals surface area (Å²) in [6, 6.07) is 8.35. The smallest absolute Gasteiger partial charge is 0.295 e. The van der Waals surface area contributed by atoms with E-state index in [0.29, 0.717) is 54.0 Å². The standard InChI is InChI=1S/C30H37N3O6/c1-18(2)12-16-39-22-11-10-21(17-23(22)38-6)26-24(28(35)30(36)33(26)14-8-15-37-5)27(34)25-20(4)32-13-7-9-19(3)29(32)31-25/h7,9-11,13,17-18,26,34H,8,12,14-16H2,1-6H3/b27-24+. The highest BCUT2D eigenvalue weighted by Gasteiger charge is 2.46. The van der Waals surface area contributed by atoms with Gasteiger partial charge in [0.1, 0.15) is 11.3 Å². The van der Waals surface area contributed by atoms with Crippen molar-refractivity contribution in [1.29, 1.82) is 0 Å². The molecule has 9 heteroatoms. The number of pyridine rings is 1. The highest BCUT2D eigenvalue weighted by Crippen LogP contribution is 2.42. The minimum absolute atomic E-state index is 0.00268. The molecule has 0 saturated carbocycles. The summed E-state index contributed by atoms with van der Waals surface area (Å²) in [5.41, 5.74) is 3.16. The van der Waals surface area contributed by atoms with Crippen LogP contribution in [0.4, 0.5) is 0 Å². The van der Waals surface area contributed by atoms with Crippen molar-refractivity contribution in [2.45, 2.75) is 46.6 Å². The third kappa shape index (κ3) is 5.49. The number of methoxy groups -OCH3 is 2. The lowest BCUT2D eigenvalue weighted by Gasteiger charge is -2.26. The van der Waals surface area contributed by atoms with Gasteiger partial charge >= 0.3 is 0 Å². The molecular formula is C30H37N3O6. The molecule has 1 fully saturated rings. The zero-order chi connectivity index (χ0) is 28.3. The molecule has 0 aliphatic carbocycles. The van der Waals surface area contributed by atoms with E-state index in [1.165, 1.54) is 4.90 Å². The second kappa shape index (κ2) is 11.9. The van der Waals surface area contributed by atoms with E-state index in [9.17, 15) is 14.7 Å². The Labute approximate surface area is 229 Å². The van der Waals surface area contributed by atoms with Gasteiger partial charge < -0.3 is 28.6 Å². The first-order chi connectivity index (χ1) is 18.7. The molecule has 2 aromatic heterocycles. The number of hydrogen-bond donors (Lipinski definition) is 1. The summed E-state index contributed by atoms with van der Waals surface area (Å²) in [6.07, 6.45) is 3.27. The zero-order valence-electron chi connectivity index (χ0n) is 23.5. The van der Waals surface area contributed by atoms with E-state index in [-0.39, 0.29) is 23.6 Å². The Hall–Kier alpha value is -3.85. The molecule has 1 atom stereocenters. The summed E-state index contributed by atoms with van der Waals surface area (Å²) >= 11 is 0. The molecule has 1 amide bonds. The molecule has 9 nitrogen and oxygen atoms in total. The molecule has 1 aromatic carbocycles. The number of aromatic nitrogens is 2. The largest absolute Gasteiger partial charge is 0.505 e. The molecule has 1 aliphatic heterocycles. The summed E-state index contributed by atoms with van der Waals surface area (Å²) in [4.78, 5) is 32.8. The van der Waals surface area contributed by atoms with Gasteiger partial charge in [-0.2, -0.15) is 0 Å². The van der Waals surface area contributed by atoms with Crippen LogP contribution in [0, 0.1) is 19.8 Å². The van der Waals surface area contributed by atoms with Gasteiger partial charge in [-0.25, -0.2) is 4.98 Å². The number of benzene rings is 1. The van der Waals surface area contributed by atoms with Crippen LogP contribution in [0.3, 0.4) is 0 Å². The van der Waals surface area contributed by atoms with Crippen LogP contribution in [0.25, 0.3) is 11.4 Å². The number of carbonyl (C=O) groups excluding carboxylic acids is 2. The normalized spacial score (nSPS) is 17.0. The number of nitrogens with zero attached hydrogens (tertiary/aromatic N) is 3. The van der Waals surface area contributed by atoms with Crippen LogP contribution in [0.5, 0.6) is 11.5 Å². The van der Waals surface area contributed by atoms with Gasteiger partial charge in [0.2, 0.25) is 0 Å². The van der Waals surface area contributed by atoms with E-state index in [0.717, 1.165) is 12.0 Å². The Kier molecular flexibility index (Phi) is 8.60. The maximum atomic E-state index is 13.4. The van der Waals surface area contributed by atoms with Gasteiger partial charge in [0.05, 0.1) is 31.0 Å². The Balaban J connectivity index is 1.83. The van der Waals surface area contributed by atoms with Crippen LogP contribution < -0.4 is 9.47 Å². The first-order valence-corrected chi connectivity index (χ1v) is 13.2. The molecule has 1 saturated heterocycles. The van der Waals surface area contributed by atoms with Crippen LogP contribution >= 0.6 is 0 Å². The predicted octanol–water partition coefficient (Wildman–Crippen LogP) is 4.84. The number of aryl methyl sites for hydroxylation is 2. The monoisotopic (exact) mass is 535 g/mol. The summed E-state index contributed by atoms with van der Waals surface area (Å²) in [5, 5.41) is 11.6. The maximum Gasteiger partial charge on any atom is 0.295 e. The summed E-state index contributed by atoms with van der Waals surface area (Å²) in [7, 11) is 3.13. The SMILES string of the molecule is COCCCN1C(=O)C(=O)/C(=C(/O)c2nc3c(C)cccn3c2C)C1c1ccc(OCCC(C)C)c(OC)c1. The highest BCUT2D eigenvalue weighted by molar-refractivity contribution is 6.46. The van der Waals surface area contributed by atoms with Gasteiger partial charge in [0.15, 0.2) is 17.3 Å². The molecule has 0 radical (unpaired) electrons. The fourth-order valence-electron chi connectivity index (χ4n) is 4.89. The number of imidazole rings is 1. The van der Waals surface area contributed by atoms with Gasteiger partial charge in [-0.15, -0.1) is 0 Å². The predicted molar refractivity (Wildman–Crippen MR) is 148 cm³/mol. The van der Waals surface area contributed by atoms with E-state index in [2.05, 4.69) is 18.8 Å². The number of rotatable bonds is 11. The fraction of sp³-hybridized carbons (Fsp3) is 0.433. The summed E-state index contributed by atoms with van der Waals surface area (Å²) in [5.74, 6) is -0.174. The third-order valence-electron chi connectivity index (χ3n) is 7.05. The van der Waals surface area contributed by atoms with Crippen LogP contribution in [-0.2, 0) is 14.3 Å². The lowest BCUT2D eigenvalue weighted by molar-refractivity contribution is -0.140. The molecule has 1 unspecified atom stereocenters. The lowest BCUT2D eigenvalue weighted by atomic mass is 9.96. The summed E-state index contributed by atoms with van der Waals surface area (Å²) < 4.78 is 18.6. The molecule has 1 N–H and O–H groups in total. The van der Waals surface area contributed by atoms with E-state index < -0.39 is 17.7 Å². The van der Waals surface area contributed by atoms with Crippen molar-refractivity contribution < 1.29 is 28.9 Å². The first-order valence-electron chi connectivity index (χ1n) is 13.2. The van der Waals surface area contributed by atoms with Gasteiger partial charge in [-0.05, 0) is 61.9 Å². The van der Waals surface area contributed by atoms with Crippen molar-refractivity contribution >= 4 is 23.1 Å². The Bertz CT molecular complexity index is 1410. The average molecular weight is 536 g/mol. The topological polar surface area (TPSA) is 103 Å². The number of likely N-dealkylation sites (tertiary alicyclic amines) is 1. The van der Waals surface area contributed by atoms with Gasteiger partial charge in [0, 0.05) is 26.5 Å². The van der Waals surface area contributed by atoms with Crippen molar-refractivity contribution in [3.63, 3.8) is 0 Å². The number of aliphatic hydroxyl groups is 1. The number of aliphatic hydroxyl groups excluding tert-OH is 1. The molecule has 0 bridgehead atoms. The Morgan fingerprint density at radius 3 is 2.54 bits per heavy atom. The van der Waals surface area contributed by atoms with Crippen LogP contribution in [0.2, 0.25) is 0 Å². The molecule has 4 rings (SSSR count). The number of amides is 1. The van der Waals surface area contributed by atoms with Crippen molar-refractivity contribution in [2.24, 2.45) is 5.92 Å². The second-order valence-corrected chi connectivity index (χ2v) is 10.2. The highest BCUT2D eigenvalue weighted by atomic mass is 16.5. The zero-order valence-corrected chi connectivity index (χ0v) is 23.5. The average Bonchev–Trinajstić information content (AvgIpc) is 3.38. The minimum atomic E-state index is -0.828. The van der Waals surface area contributed by atoms with E-state index in [1.54, 1.807) is 32.4 Å². The molecule has 3 heterocycles. The second-order valence-electron chi connectivity index (χ2n) is 10.2. The van der Waals surface area contributed by atoms with Gasteiger partial charge in [-0.3, -0.25) is 9.59 Å². The molecule has 39 heavy (non-hydrogen) atoms. The molecular weight excluding hydrogens is 498 g/mol. The molecule has 0 spiro atoms. The maximum absolute atomic E-state index is 13.4. The van der Waals surface area contributed by atoms with E-state index in [1.807, 2.05) is 36.6 Å². The van der Waals surface area contributed by atoms with Crippen molar-refractivity contribution in [2.75, 3.05) is 34.0 Å². The fourth-order valence-corrected chi connectivity index (χ4v) is 4.89. The molecule has 208 valence electrons. The lowest BCUT2D eigenvalue weighted by Crippen LogP contribution is -2.31. The number of ketones is 1. The summed E-state index contributed by atoms with van der Waals surface area (Å²) in [6.45, 7) is 9.24. The Morgan fingerprint density at radius 1 is 1.10 bits per heavy atom. The van der Waals surface area contributed by atoms with Crippen molar-refractivity contribution in [1.82, 2.24) is 14.3 Å². The number of carbonyl (C=O) groups is 2. The number of ether oxygens (including phenoxy) is 3. The van der Waals surface area contributed by atoms with Crippen molar-refractivity contribution in [3.05, 3.63) is 64.6 Å². The van der Waals surface area contributed by atoms with Crippen LogP contribution in [-0.4, -0.2) is 65.1 Å². The van der Waals surface area contributed by atoms with Gasteiger partial charge in [0.25, 0.3) is 11.7 Å². The minimum Gasteiger partial charge on any atom is -0.505 e. The quantitative estimate of drug-likeness (QED) is 0.162.